The second kappa shape index (κ2) is 7.92. The molecule has 6 nitrogen and oxygen atoms in total. The summed E-state index contributed by atoms with van der Waals surface area (Å²) in [5, 5.41) is 20.4. The topological polar surface area (TPSA) is 105 Å². The molecule has 0 amide bonds. The van der Waals surface area contributed by atoms with Gasteiger partial charge in [-0.25, -0.2) is 0 Å². The van der Waals surface area contributed by atoms with Crippen molar-refractivity contribution in [3.8, 4) is 0 Å². The third-order valence-corrected chi connectivity index (χ3v) is 5.13. The molecular formula is C8H8N2O4S4Zn. The van der Waals surface area contributed by atoms with E-state index in [1.165, 1.54) is 12.4 Å². The molecule has 2 heterocycles. The Morgan fingerprint density at radius 2 is 1.32 bits per heavy atom. The smallest absolute Gasteiger partial charge is 0.546 e. The van der Waals surface area contributed by atoms with Crippen LogP contribution in [-0.2, 0) is 29.1 Å². The summed E-state index contributed by atoms with van der Waals surface area (Å²) in [4.78, 5) is 27.6. The van der Waals surface area contributed by atoms with Gasteiger partial charge >= 0.3 is 19.5 Å². The SMILES string of the molecule is O=C([O-])C1(S)N=CCS1.O=C([O-])C1(S)N=CCS1.[Zn+2]. The van der Waals surface area contributed by atoms with E-state index in [1.54, 1.807) is 0 Å². The van der Waals surface area contributed by atoms with E-state index < -0.39 is 20.3 Å². The van der Waals surface area contributed by atoms with Gasteiger partial charge in [-0.05, 0) is 0 Å². The van der Waals surface area contributed by atoms with Crippen LogP contribution in [-0.4, -0.2) is 44.3 Å². The van der Waals surface area contributed by atoms with Gasteiger partial charge in [0.15, 0.2) is 8.41 Å². The van der Waals surface area contributed by atoms with Crippen LogP contribution in [0.4, 0.5) is 0 Å². The second-order valence-corrected chi connectivity index (χ2v) is 7.36. The number of thiol groups is 2. The number of carboxylic acids is 2. The van der Waals surface area contributed by atoms with Gasteiger partial charge < -0.3 is 19.8 Å². The summed E-state index contributed by atoms with van der Waals surface area (Å²) in [6.45, 7) is 0. The van der Waals surface area contributed by atoms with E-state index in [-0.39, 0.29) is 19.5 Å². The molecule has 0 radical (unpaired) electrons. The van der Waals surface area contributed by atoms with Gasteiger partial charge in [0.2, 0.25) is 0 Å². The number of thioether (sulfide) groups is 2. The monoisotopic (exact) mass is 388 g/mol. The van der Waals surface area contributed by atoms with E-state index in [0.29, 0.717) is 11.5 Å². The number of nitrogens with zero attached hydrogens (tertiary/aromatic N) is 2. The largest absolute Gasteiger partial charge is 2.00 e. The molecule has 2 aliphatic rings. The number of carboxylic acid groups (broad SMARTS) is 2. The molecule has 0 fully saturated rings. The first kappa shape index (κ1) is 19.3. The maximum Gasteiger partial charge on any atom is 2.00 e. The first-order valence-corrected chi connectivity index (χ1v) is 7.40. The summed E-state index contributed by atoms with van der Waals surface area (Å²) < 4.78 is -2.64. The number of rotatable bonds is 2. The fourth-order valence-corrected chi connectivity index (χ4v) is 2.83. The van der Waals surface area contributed by atoms with Crippen LogP contribution in [0.15, 0.2) is 9.98 Å². The van der Waals surface area contributed by atoms with E-state index in [1.807, 2.05) is 0 Å². The van der Waals surface area contributed by atoms with Crippen LogP contribution >= 0.6 is 48.8 Å². The summed E-state index contributed by atoms with van der Waals surface area (Å²) in [5.41, 5.74) is 0. The maximum absolute atomic E-state index is 10.2. The molecule has 2 aliphatic heterocycles. The minimum atomic E-state index is -1.32. The van der Waals surface area contributed by atoms with Gasteiger partial charge in [-0.15, -0.1) is 48.8 Å². The molecule has 0 saturated heterocycles. The molecular weight excluding hydrogens is 382 g/mol. The Labute approximate surface area is 141 Å². The zero-order valence-electron chi connectivity index (χ0n) is 9.51. The summed E-state index contributed by atoms with van der Waals surface area (Å²) in [6, 6.07) is 0. The molecule has 0 bridgehead atoms. The minimum Gasteiger partial charge on any atom is -0.546 e. The maximum atomic E-state index is 10.2. The van der Waals surface area contributed by atoms with Crippen molar-refractivity contribution in [3.63, 3.8) is 0 Å². The number of aliphatic imine (C=N–C) groups is 2. The molecule has 0 spiro atoms. The summed E-state index contributed by atoms with van der Waals surface area (Å²) >= 11 is 9.82. The Kier molecular flexibility index (Phi) is 8.05. The average Bonchev–Trinajstić information content (AvgIpc) is 2.90. The van der Waals surface area contributed by atoms with Crippen molar-refractivity contribution in [2.24, 2.45) is 9.98 Å². The van der Waals surface area contributed by atoms with Crippen LogP contribution in [0.2, 0.25) is 0 Å². The fourth-order valence-electron chi connectivity index (χ4n) is 0.927. The molecule has 100 valence electrons. The second-order valence-electron chi connectivity index (χ2n) is 3.04. The molecule has 0 saturated carbocycles. The predicted molar refractivity (Wildman–Crippen MR) is 75.3 cm³/mol. The quantitative estimate of drug-likeness (QED) is 0.429. The average molecular weight is 390 g/mol. The first-order valence-electron chi connectivity index (χ1n) is 4.53. The molecule has 0 aromatic rings. The minimum absolute atomic E-state index is 0. The Hall–Kier alpha value is 0.303. The summed E-state index contributed by atoms with van der Waals surface area (Å²) in [7, 11) is 0. The van der Waals surface area contributed by atoms with E-state index in [2.05, 4.69) is 35.2 Å². The van der Waals surface area contributed by atoms with E-state index in [4.69, 9.17) is 0 Å². The molecule has 11 heteroatoms. The third-order valence-electron chi connectivity index (χ3n) is 1.78. The zero-order chi connectivity index (χ0) is 13.8. The number of carbonyl (C=O) groups excluding carboxylic acids is 2. The van der Waals surface area contributed by atoms with Crippen LogP contribution in [0.1, 0.15) is 0 Å². The van der Waals surface area contributed by atoms with Gasteiger partial charge in [0.1, 0.15) is 0 Å². The van der Waals surface area contributed by atoms with Gasteiger partial charge in [0.05, 0.1) is 11.9 Å². The number of carbonyl (C=O) groups is 2. The van der Waals surface area contributed by atoms with Crippen molar-refractivity contribution in [3.05, 3.63) is 0 Å². The van der Waals surface area contributed by atoms with Crippen molar-refractivity contribution in [2.75, 3.05) is 11.5 Å². The summed E-state index contributed by atoms with van der Waals surface area (Å²) in [5.74, 6) is -1.30. The Bertz CT molecular complexity index is 384. The third kappa shape index (κ3) is 5.30. The van der Waals surface area contributed by atoms with Crippen LogP contribution in [0.5, 0.6) is 0 Å². The van der Waals surface area contributed by atoms with Crippen molar-refractivity contribution in [2.45, 2.75) is 8.41 Å². The molecule has 0 aromatic heterocycles. The van der Waals surface area contributed by atoms with Crippen LogP contribution in [0.3, 0.4) is 0 Å². The molecule has 0 aliphatic carbocycles. The number of aliphatic carboxylic acids is 2. The molecule has 2 rings (SSSR count). The van der Waals surface area contributed by atoms with Gasteiger partial charge in [-0.2, -0.15) is 0 Å². The van der Waals surface area contributed by atoms with Gasteiger partial charge in [0.25, 0.3) is 0 Å². The Morgan fingerprint density at radius 1 is 1.00 bits per heavy atom. The fraction of sp³-hybridized carbons (Fsp3) is 0.500. The molecule has 0 aromatic carbocycles. The van der Waals surface area contributed by atoms with Crippen LogP contribution in [0, 0.1) is 0 Å². The Morgan fingerprint density at radius 3 is 1.42 bits per heavy atom. The molecule has 0 N–H and O–H groups in total. The van der Waals surface area contributed by atoms with Crippen molar-refractivity contribution in [1.82, 2.24) is 0 Å². The zero-order valence-corrected chi connectivity index (χ0v) is 15.9. The molecule has 19 heavy (non-hydrogen) atoms. The van der Waals surface area contributed by atoms with E-state index >= 15 is 0 Å². The predicted octanol–water partition coefficient (Wildman–Crippen LogP) is -1.73. The Balaban J connectivity index is 0.000000324. The normalized spacial score (nSPS) is 31.3. The van der Waals surface area contributed by atoms with Gasteiger partial charge in [0, 0.05) is 23.9 Å². The van der Waals surface area contributed by atoms with Crippen molar-refractivity contribution >= 4 is 73.1 Å². The van der Waals surface area contributed by atoms with Crippen molar-refractivity contribution < 1.29 is 39.3 Å². The molecule has 2 atom stereocenters. The standard InChI is InChI=1S/2C4H5NO2S2.Zn/c2*6-3(7)4(8)5-1-2-9-4;/h2*1,8H,2H2,(H,6,7);/q;;+2/p-2. The van der Waals surface area contributed by atoms with Gasteiger partial charge in [-0.1, -0.05) is 0 Å². The first-order chi connectivity index (χ1) is 8.30. The van der Waals surface area contributed by atoms with E-state index in [0.717, 1.165) is 23.5 Å². The van der Waals surface area contributed by atoms with Crippen LogP contribution < -0.4 is 10.2 Å². The molecule has 2 unspecified atom stereocenters. The van der Waals surface area contributed by atoms with Crippen molar-refractivity contribution in [1.29, 1.82) is 0 Å². The number of hydrogen-bond donors (Lipinski definition) is 2. The summed E-state index contributed by atoms with van der Waals surface area (Å²) in [6.07, 6.45) is 3.04. The number of hydrogen-bond acceptors (Lipinski definition) is 10. The van der Waals surface area contributed by atoms with Gasteiger partial charge in [-0.3, -0.25) is 9.98 Å². The van der Waals surface area contributed by atoms with E-state index in [9.17, 15) is 19.8 Å². The van der Waals surface area contributed by atoms with Crippen LogP contribution in [0.25, 0.3) is 0 Å².